The van der Waals surface area contributed by atoms with Gasteiger partial charge >= 0.3 is 0 Å². The number of nitrogens with two attached hydrogens (primary N) is 1. The molecule has 3 rings (SSSR count). The van der Waals surface area contributed by atoms with Gasteiger partial charge in [0.15, 0.2) is 11.5 Å². The monoisotopic (exact) mass is 231 g/mol. The molecule has 0 atom stereocenters. The van der Waals surface area contributed by atoms with Crippen molar-refractivity contribution in [1.82, 2.24) is 10.2 Å². The minimum atomic E-state index is 0.528. The van der Waals surface area contributed by atoms with Gasteiger partial charge in [0.25, 0.3) is 0 Å². The van der Waals surface area contributed by atoms with E-state index in [2.05, 4.69) is 10.2 Å². The number of aromatic amines is 1. The normalized spacial score (nSPS) is 13.7. The number of ether oxygens (including phenoxy) is 2. The number of nitrogens with zero attached hydrogens (tertiary/aromatic N) is 1. The molecule has 0 amide bonds. The number of aryl methyl sites for hydroxylation is 1. The van der Waals surface area contributed by atoms with Crippen molar-refractivity contribution in [1.29, 1.82) is 0 Å². The zero-order valence-electron chi connectivity index (χ0n) is 9.49. The van der Waals surface area contributed by atoms with Crippen molar-refractivity contribution in [3.8, 4) is 22.8 Å². The summed E-state index contributed by atoms with van der Waals surface area (Å²) in [4.78, 5) is 0. The quantitative estimate of drug-likeness (QED) is 0.733. The average molecular weight is 231 g/mol. The third kappa shape index (κ3) is 1.60. The van der Waals surface area contributed by atoms with E-state index >= 15 is 0 Å². The predicted molar refractivity (Wildman–Crippen MR) is 64.2 cm³/mol. The standard InChI is InChI=1S/C12H13N3O2/c1-7-6-10(15-14-7)8-2-3-9(13)12-11(8)16-4-5-17-12/h2-3,6H,4-5,13H2,1H3,(H,14,15). The summed E-state index contributed by atoms with van der Waals surface area (Å²) < 4.78 is 11.2. The molecular weight excluding hydrogens is 218 g/mol. The molecule has 1 aromatic carbocycles. The number of fused-ring (bicyclic) bond motifs is 1. The fourth-order valence-electron chi connectivity index (χ4n) is 1.92. The molecule has 0 bridgehead atoms. The van der Waals surface area contributed by atoms with Gasteiger partial charge in [-0.1, -0.05) is 0 Å². The highest BCUT2D eigenvalue weighted by molar-refractivity contribution is 5.77. The lowest BCUT2D eigenvalue weighted by molar-refractivity contribution is 0.173. The molecule has 5 nitrogen and oxygen atoms in total. The second-order valence-electron chi connectivity index (χ2n) is 3.99. The third-order valence-corrected chi connectivity index (χ3v) is 2.70. The maximum Gasteiger partial charge on any atom is 0.184 e. The van der Waals surface area contributed by atoms with Crippen LogP contribution in [0.25, 0.3) is 11.3 Å². The minimum absolute atomic E-state index is 0.528. The lowest BCUT2D eigenvalue weighted by Gasteiger charge is -2.21. The third-order valence-electron chi connectivity index (χ3n) is 2.70. The molecule has 1 aliphatic heterocycles. The molecule has 0 unspecified atom stereocenters. The Hall–Kier alpha value is -2.17. The lowest BCUT2D eigenvalue weighted by atomic mass is 10.1. The van der Waals surface area contributed by atoms with Crippen LogP contribution in [-0.2, 0) is 0 Å². The first-order valence-corrected chi connectivity index (χ1v) is 5.46. The SMILES string of the molecule is Cc1cc(-c2ccc(N)c3c2OCCO3)n[nH]1. The molecule has 5 heteroatoms. The summed E-state index contributed by atoms with van der Waals surface area (Å²) in [6.07, 6.45) is 0. The molecule has 0 saturated carbocycles. The van der Waals surface area contributed by atoms with Crippen LogP contribution < -0.4 is 15.2 Å². The average Bonchev–Trinajstić information content (AvgIpc) is 2.77. The molecule has 0 fully saturated rings. The number of H-pyrrole nitrogens is 1. The van der Waals surface area contributed by atoms with E-state index in [4.69, 9.17) is 15.2 Å². The van der Waals surface area contributed by atoms with Crippen LogP contribution in [-0.4, -0.2) is 23.4 Å². The predicted octanol–water partition coefficient (Wildman–Crippen LogP) is 1.74. The largest absolute Gasteiger partial charge is 0.485 e. The van der Waals surface area contributed by atoms with Crippen molar-refractivity contribution in [3.63, 3.8) is 0 Å². The molecule has 1 aromatic heterocycles. The Bertz CT molecular complexity index is 563. The summed E-state index contributed by atoms with van der Waals surface area (Å²) in [5, 5.41) is 7.13. The van der Waals surface area contributed by atoms with Crippen LogP contribution in [0.1, 0.15) is 5.69 Å². The van der Waals surface area contributed by atoms with Crippen molar-refractivity contribution in [2.75, 3.05) is 18.9 Å². The first kappa shape index (κ1) is 10.0. The zero-order valence-corrected chi connectivity index (χ0v) is 9.49. The number of aromatic nitrogens is 2. The Morgan fingerprint density at radius 3 is 2.71 bits per heavy atom. The number of hydrogen-bond acceptors (Lipinski definition) is 4. The van der Waals surface area contributed by atoms with Gasteiger partial charge in [-0.3, -0.25) is 5.10 Å². The summed E-state index contributed by atoms with van der Waals surface area (Å²) in [5.74, 6) is 1.30. The summed E-state index contributed by atoms with van der Waals surface area (Å²) in [7, 11) is 0. The number of nitrogen functional groups attached to an aromatic ring is 1. The van der Waals surface area contributed by atoms with Crippen molar-refractivity contribution in [2.45, 2.75) is 6.92 Å². The fourth-order valence-corrected chi connectivity index (χ4v) is 1.92. The number of nitrogens with one attached hydrogen (secondary N) is 1. The maximum absolute atomic E-state index is 5.86. The molecule has 3 N–H and O–H groups in total. The molecule has 0 aliphatic carbocycles. The molecule has 2 aromatic rings. The first-order chi connectivity index (χ1) is 8.25. The zero-order chi connectivity index (χ0) is 11.8. The van der Waals surface area contributed by atoms with Crippen molar-refractivity contribution in [3.05, 3.63) is 23.9 Å². The molecule has 2 heterocycles. The summed E-state index contributed by atoms with van der Waals surface area (Å²) in [5.41, 5.74) is 9.19. The molecular formula is C12H13N3O2. The lowest BCUT2D eigenvalue weighted by Crippen LogP contribution is -2.17. The van der Waals surface area contributed by atoms with Crippen LogP contribution >= 0.6 is 0 Å². The topological polar surface area (TPSA) is 73.2 Å². The summed E-state index contributed by atoms with van der Waals surface area (Å²) >= 11 is 0. The molecule has 0 saturated heterocycles. The van der Waals surface area contributed by atoms with Gasteiger partial charge in [0.2, 0.25) is 0 Å². The number of anilines is 1. The first-order valence-electron chi connectivity index (χ1n) is 5.46. The van der Waals surface area contributed by atoms with E-state index in [0.29, 0.717) is 30.4 Å². The Kier molecular flexibility index (Phi) is 2.18. The van der Waals surface area contributed by atoms with Gasteiger partial charge < -0.3 is 15.2 Å². The van der Waals surface area contributed by atoms with E-state index in [1.54, 1.807) is 0 Å². The highest BCUT2D eigenvalue weighted by Gasteiger charge is 2.20. The molecule has 88 valence electrons. The Labute approximate surface area is 98.5 Å². The van der Waals surface area contributed by atoms with Crippen LogP contribution in [0.3, 0.4) is 0 Å². The Morgan fingerprint density at radius 1 is 1.24 bits per heavy atom. The fraction of sp³-hybridized carbons (Fsp3) is 0.250. The second kappa shape index (κ2) is 3.69. The number of rotatable bonds is 1. The van der Waals surface area contributed by atoms with Crippen LogP contribution in [0.15, 0.2) is 18.2 Å². The van der Waals surface area contributed by atoms with Crippen molar-refractivity contribution < 1.29 is 9.47 Å². The molecule has 17 heavy (non-hydrogen) atoms. The van der Waals surface area contributed by atoms with Gasteiger partial charge in [0.05, 0.1) is 11.4 Å². The van der Waals surface area contributed by atoms with Crippen LogP contribution in [0, 0.1) is 6.92 Å². The Balaban J connectivity index is 2.17. The van der Waals surface area contributed by atoms with Gasteiger partial charge in [0.1, 0.15) is 13.2 Å². The smallest absolute Gasteiger partial charge is 0.184 e. The van der Waals surface area contributed by atoms with E-state index in [1.165, 1.54) is 0 Å². The molecule has 0 spiro atoms. The van der Waals surface area contributed by atoms with Crippen LogP contribution in [0.5, 0.6) is 11.5 Å². The van der Waals surface area contributed by atoms with E-state index in [9.17, 15) is 0 Å². The number of hydrogen-bond donors (Lipinski definition) is 2. The highest BCUT2D eigenvalue weighted by Crippen LogP contribution is 2.43. The molecule has 1 aliphatic rings. The maximum atomic E-state index is 5.86. The molecule has 0 radical (unpaired) electrons. The van der Waals surface area contributed by atoms with Gasteiger partial charge in [-0.25, -0.2) is 0 Å². The van der Waals surface area contributed by atoms with E-state index in [-0.39, 0.29) is 0 Å². The van der Waals surface area contributed by atoms with Gasteiger partial charge in [0, 0.05) is 11.3 Å². The Morgan fingerprint density at radius 2 is 2.00 bits per heavy atom. The van der Waals surface area contributed by atoms with E-state index < -0.39 is 0 Å². The summed E-state index contributed by atoms with van der Waals surface area (Å²) in [6.45, 7) is 3.02. The minimum Gasteiger partial charge on any atom is -0.485 e. The second-order valence-corrected chi connectivity index (χ2v) is 3.99. The van der Waals surface area contributed by atoms with Gasteiger partial charge in [-0.05, 0) is 25.1 Å². The van der Waals surface area contributed by atoms with Crippen molar-refractivity contribution in [2.24, 2.45) is 0 Å². The van der Waals surface area contributed by atoms with E-state index in [1.807, 2.05) is 25.1 Å². The van der Waals surface area contributed by atoms with Crippen LogP contribution in [0.4, 0.5) is 5.69 Å². The van der Waals surface area contributed by atoms with Gasteiger partial charge in [-0.2, -0.15) is 5.10 Å². The van der Waals surface area contributed by atoms with Gasteiger partial charge in [-0.15, -0.1) is 0 Å². The van der Waals surface area contributed by atoms with E-state index in [0.717, 1.165) is 17.0 Å². The highest BCUT2D eigenvalue weighted by atomic mass is 16.6. The van der Waals surface area contributed by atoms with Crippen LogP contribution in [0.2, 0.25) is 0 Å². The summed E-state index contributed by atoms with van der Waals surface area (Å²) in [6, 6.07) is 5.68. The number of benzene rings is 1. The van der Waals surface area contributed by atoms with Crippen molar-refractivity contribution >= 4 is 5.69 Å².